The fraction of sp³-hybridized carbons (Fsp3) is 0.357. The second kappa shape index (κ2) is 6.18. The molecule has 0 fully saturated rings. The second-order valence-corrected chi connectivity index (χ2v) is 4.64. The summed E-state index contributed by atoms with van der Waals surface area (Å²) in [6.07, 6.45) is 5.17. The van der Waals surface area contributed by atoms with Gasteiger partial charge in [-0.25, -0.2) is 4.79 Å². The molecule has 1 heterocycles. The zero-order valence-electron chi connectivity index (χ0n) is 11.4. The van der Waals surface area contributed by atoms with E-state index in [-0.39, 0.29) is 11.4 Å². The Morgan fingerprint density at radius 3 is 2.25 bits per heavy atom. The molecule has 6 nitrogen and oxygen atoms in total. The van der Waals surface area contributed by atoms with Crippen LogP contribution in [-0.4, -0.2) is 14.1 Å². The summed E-state index contributed by atoms with van der Waals surface area (Å²) in [4.78, 5) is 22.1. The quantitative estimate of drug-likeness (QED) is 0.599. The molecule has 0 atom stereocenters. The molecular weight excluding hydrogens is 258 g/mol. The van der Waals surface area contributed by atoms with E-state index in [0.29, 0.717) is 13.0 Å². The highest BCUT2D eigenvalue weighted by Gasteiger charge is 2.05. The van der Waals surface area contributed by atoms with Crippen LogP contribution in [0.15, 0.2) is 41.5 Å². The van der Waals surface area contributed by atoms with Crippen molar-refractivity contribution in [2.45, 2.75) is 32.9 Å². The predicted octanol–water partition coefficient (Wildman–Crippen LogP) is 2.21. The van der Waals surface area contributed by atoms with E-state index in [1.807, 2.05) is 6.92 Å². The highest BCUT2D eigenvalue weighted by atomic mass is 16.6. The molecule has 1 aromatic carbocycles. The average Bonchev–Trinajstić information content (AvgIpc) is 2.79. The van der Waals surface area contributed by atoms with Gasteiger partial charge in [0.2, 0.25) is 0 Å². The van der Waals surface area contributed by atoms with E-state index in [9.17, 15) is 14.9 Å². The number of aryl methyl sites for hydroxylation is 3. The summed E-state index contributed by atoms with van der Waals surface area (Å²) in [5.74, 6) is 0. The van der Waals surface area contributed by atoms with Crippen LogP contribution < -0.4 is 5.69 Å². The van der Waals surface area contributed by atoms with Crippen molar-refractivity contribution >= 4 is 5.69 Å². The molecule has 0 aliphatic rings. The first-order valence-electron chi connectivity index (χ1n) is 6.60. The van der Waals surface area contributed by atoms with Gasteiger partial charge in [0, 0.05) is 37.6 Å². The number of nitro groups is 1. The van der Waals surface area contributed by atoms with Crippen molar-refractivity contribution < 1.29 is 4.92 Å². The van der Waals surface area contributed by atoms with E-state index in [4.69, 9.17) is 0 Å². The Hall–Kier alpha value is -2.37. The normalized spacial score (nSPS) is 10.7. The van der Waals surface area contributed by atoms with Gasteiger partial charge in [-0.1, -0.05) is 19.1 Å². The largest absolute Gasteiger partial charge is 0.328 e. The lowest BCUT2D eigenvalue weighted by molar-refractivity contribution is -0.384. The molecule has 6 heteroatoms. The Kier molecular flexibility index (Phi) is 4.34. The van der Waals surface area contributed by atoms with Crippen LogP contribution in [0.3, 0.4) is 0 Å². The molecule has 0 unspecified atom stereocenters. The van der Waals surface area contributed by atoms with Crippen molar-refractivity contribution in [3.63, 3.8) is 0 Å². The zero-order valence-corrected chi connectivity index (χ0v) is 11.4. The van der Waals surface area contributed by atoms with Crippen LogP contribution in [0.2, 0.25) is 0 Å². The summed E-state index contributed by atoms with van der Waals surface area (Å²) in [6.45, 7) is 3.33. The van der Waals surface area contributed by atoms with Crippen molar-refractivity contribution in [3.8, 4) is 0 Å². The van der Waals surface area contributed by atoms with Gasteiger partial charge in [-0.2, -0.15) is 0 Å². The van der Waals surface area contributed by atoms with E-state index in [1.54, 1.807) is 33.7 Å². The third-order valence-electron chi connectivity index (χ3n) is 3.17. The van der Waals surface area contributed by atoms with Crippen molar-refractivity contribution in [1.29, 1.82) is 0 Å². The molecule has 0 amide bonds. The SMILES string of the molecule is CCCn1ccn(CCc2ccc([N+](=O)[O-])cc2)c1=O. The topological polar surface area (TPSA) is 70.1 Å². The maximum Gasteiger partial charge on any atom is 0.328 e. The van der Waals surface area contributed by atoms with Crippen LogP contribution in [-0.2, 0) is 19.5 Å². The molecule has 0 bridgehead atoms. The zero-order chi connectivity index (χ0) is 14.5. The fourth-order valence-corrected chi connectivity index (χ4v) is 2.07. The number of nitro benzene ring substituents is 1. The predicted molar refractivity (Wildman–Crippen MR) is 75.8 cm³/mol. The smallest absolute Gasteiger partial charge is 0.299 e. The summed E-state index contributed by atoms with van der Waals surface area (Å²) < 4.78 is 3.35. The Balaban J connectivity index is 2.01. The Morgan fingerprint density at radius 2 is 1.70 bits per heavy atom. The van der Waals surface area contributed by atoms with Gasteiger partial charge >= 0.3 is 5.69 Å². The van der Waals surface area contributed by atoms with Crippen molar-refractivity contribution in [3.05, 3.63) is 62.8 Å². The van der Waals surface area contributed by atoms with E-state index in [1.165, 1.54) is 12.1 Å². The lowest BCUT2D eigenvalue weighted by Gasteiger charge is -2.02. The lowest BCUT2D eigenvalue weighted by atomic mass is 10.1. The van der Waals surface area contributed by atoms with E-state index < -0.39 is 4.92 Å². The first kappa shape index (κ1) is 14.0. The van der Waals surface area contributed by atoms with Gasteiger partial charge in [-0.15, -0.1) is 0 Å². The molecule has 0 aliphatic heterocycles. The molecule has 0 saturated carbocycles. The van der Waals surface area contributed by atoms with E-state index in [0.717, 1.165) is 18.5 Å². The molecule has 20 heavy (non-hydrogen) atoms. The molecule has 0 spiro atoms. The summed E-state index contributed by atoms with van der Waals surface area (Å²) in [7, 11) is 0. The Bertz CT molecular complexity index is 640. The van der Waals surface area contributed by atoms with Crippen LogP contribution >= 0.6 is 0 Å². The molecule has 0 aliphatic carbocycles. The summed E-state index contributed by atoms with van der Waals surface area (Å²) in [6, 6.07) is 6.43. The maximum atomic E-state index is 12.0. The van der Waals surface area contributed by atoms with Gasteiger partial charge < -0.3 is 0 Å². The number of aromatic nitrogens is 2. The highest BCUT2D eigenvalue weighted by Crippen LogP contribution is 2.12. The molecule has 0 saturated heterocycles. The number of non-ortho nitro benzene ring substituents is 1. The van der Waals surface area contributed by atoms with E-state index in [2.05, 4.69) is 0 Å². The minimum absolute atomic E-state index is 0.00578. The van der Waals surface area contributed by atoms with Gasteiger partial charge in [0.25, 0.3) is 5.69 Å². The number of hydrogen-bond donors (Lipinski definition) is 0. The lowest BCUT2D eigenvalue weighted by Crippen LogP contribution is -2.24. The first-order valence-corrected chi connectivity index (χ1v) is 6.60. The molecule has 2 rings (SSSR count). The fourth-order valence-electron chi connectivity index (χ4n) is 2.07. The standard InChI is InChI=1S/C14H17N3O3/c1-2-8-15-10-11-16(14(15)18)9-7-12-3-5-13(6-4-12)17(19)20/h3-6,10-11H,2,7-9H2,1H3. The van der Waals surface area contributed by atoms with Crippen LogP contribution in [0.25, 0.3) is 0 Å². The monoisotopic (exact) mass is 275 g/mol. The molecule has 2 aromatic rings. The minimum Gasteiger partial charge on any atom is -0.299 e. The molecular formula is C14H17N3O3. The maximum absolute atomic E-state index is 12.0. The Morgan fingerprint density at radius 1 is 1.10 bits per heavy atom. The van der Waals surface area contributed by atoms with Gasteiger partial charge in [0.1, 0.15) is 0 Å². The van der Waals surface area contributed by atoms with Crippen LogP contribution in [0.1, 0.15) is 18.9 Å². The molecule has 106 valence electrons. The Labute approximate surface area is 116 Å². The molecule has 0 N–H and O–H groups in total. The third kappa shape index (κ3) is 3.14. The number of rotatable bonds is 6. The van der Waals surface area contributed by atoms with Gasteiger partial charge in [0.05, 0.1) is 4.92 Å². The summed E-state index contributed by atoms with van der Waals surface area (Å²) >= 11 is 0. The number of benzene rings is 1. The summed E-state index contributed by atoms with van der Waals surface area (Å²) in [5.41, 5.74) is 1.06. The van der Waals surface area contributed by atoms with Crippen molar-refractivity contribution in [2.75, 3.05) is 0 Å². The van der Waals surface area contributed by atoms with Crippen molar-refractivity contribution in [1.82, 2.24) is 9.13 Å². The van der Waals surface area contributed by atoms with E-state index >= 15 is 0 Å². The van der Waals surface area contributed by atoms with Crippen LogP contribution in [0, 0.1) is 10.1 Å². The molecule has 1 aromatic heterocycles. The third-order valence-corrected chi connectivity index (χ3v) is 3.17. The molecule has 0 radical (unpaired) electrons. The van der Waals surface area contributed by atoms with Crippen LogP contribution in [0.4, 0.5) is 5.69 Å². The first-order chi connectivity index (χ1) is 9.61. The number of nitrogens with zero attached hydrogens (tertiary/aromatic N) is 3. The second-order valence-electron chi connectivity index (χ2n) is 4.64. The summed E-state index contributed by atoms with van der Waals surface area (Å²) in [5, 5.41) is 10.6. The average molecular weight is 275 g/mol. The number of imidazole rings is 1. The van der Waals surface area contributed by atoms with Gasteiger partial charge in [-0.3, -0.25) is 19.2 Å². The number of hydrogen-bond acceptors (Lipinski definition) is 3. The minimum atomic E-state index is -0.418. The van der Waals surface area contributed by atoms with Crippen LogP contribution in [0.5, 0.6) is 0 Å². The van der Waals surface area contributed by atoms with Gasteiger partial charge in [0.15, 0.2) is 0 Å². The van der Waals surface area contributed by atoms with Crippen molar-refractivity contribution in [2.24, 2.45) is 0 Å². The van der Waals surface area contributed by atoms with Gasteiger partial charge in [-0.05, 0) is 18.4 Å². The highest BCUT2D eigenvalue weighted by molar-refractivity contribution is 5.32.